The zero-order valence-corrected chi connectivity index (χ0v) is 13.3. The lowest BCUT2D eigenvalue weighted by atomic mass is 9.73. The standard InChI is InChI=1S/C18H25NO4/c20-15-5-3-13(4-6-15)7-9-19-10-8-16(21)18(12-19,17(22)23)11-14-1-2-14/h3-6,14,16,20-21H,1-2,7-12H2,(H,22,23)/t16-,18-/m0/s1. The van der Waals surface area contributed by atoms with Gasteiger partial charge in [0.2, 0.25) is 0 Å². The topological polar surface area (TPSA) is 81.0 Å². The van der Waals surface area contributed by atoms with Gasteiger partial charge in [-0.25, -0.2) is 0 Å². The molecule has 1 heterocycles. The first-order chi connectivity index (χ1) is 11.0. The van der Waals surface area contributed by atoms with Crippen LogP contribution in [0.4, 0.5) is 0 Å². The molecule has 1 aliphatic heterocycles. The summed E-state index contributed by atoms with van der Waals surface area (Å²) in [5.74, 6) is -0.131. The summed E-state index contributed by atoms with van der Waals surface area (Å²) in [7, 11) is 0. The van der Waals surface area contributed by atoms with E-state index in [1.165, 1.54) is 0 Å². The number of hydrogen-bond donors (Lipinski definition) is 3. The van der Waals surface area contributed by atoms with Gasteiger partial charge in [0.25, 0.3) is 0 Å². The smallest absolute Gasteiger partial charge is 0.313 e. The number of likely N-dealkylation sites (tertiary alicyclic amines) is 1. The van der Waals surface area contributed by atoms with Gasteiger partial charge in [0.05, 0.1) is 6.10 Å². The van der Waals surface area contributed by atoms with E-state index in [4.69, 9.17) is 0 Å². The molecule has 2 aliphatic rings. The normalized spacial score (nSPS) is 28.7. The summed E-state index contributed by atoms with van der Waals surface area (Å²) in [6.07, 6.45) is 3.37. The van der Waals surface area contributed by atoms with Gasteiger partial charge in [-0.15, -0.1) is 0 Å². The van der Waals surface area contributed by atoms with Crippen LogP contribution in [0, 0.1) is 11.3 Å². The molecule has 2 fully saturated rings. The molecule has 2 atom stereocenters. The highest BCUT2D eigenvalue weighted by Gasteiger charge is 2.51. The molecule has 1 aromatic carbocycles. The van der Waals surface area contributed by atoms with Gasteiger partial charge < -0.3 is 20.2 Å². The van der Waals surface area contributed by atoms with Crippen molar-refractivity contribution in [2.75, 3.05) is 19.6 Å². The van der Waals surface area contributed by atoms with Crippen molar-refractivity contribution in [3.05, 3.63) is 29.8 Å². The van der Waals surface area contributed by atoms with Crippen LogP contribution in [-0.4, -0.2) is 51.9 Å². The lowest BCUT2D eigenvalue weighted by molar-refractivity contribution is -0.164. The number of phenols is 1. The predicted molar refractivity (Wildman–Crippen MR) is 86.3 cm³/mol. The molecule has 23 heavy (non-hydrogen) atoms. The number of aliphatic carboxylic acids is 1. The Kier molecular flexibility index (Phi) is 4.60. The summed E-state index contributed by atoms with van der Waals surface area (Å²) in [6.45, 7) is 1.94. The molecule has 0 amide bonds. The number of aliphatic hydroxyl groups is 1. The van der Waals surface area contributed by atoms with Crippen molar-refractivity contribution in [1.82, 2.24) is 4.90 Å². The molecule has 0 aromatic heterocycles. The van der Waals surface area contributed by atoms with Gasteiger partial charge in [-0.2, -0.15) is 0 Å². The van der Waals surface area contributed by atoms with Crippen molar-refractivity contribution >= 4 is 5.97 Å². The lowest BCUT2D eigenvalue weighted by Gasteiger charge is -2.43. The Bertz CT molecular complexity index is 555. The van der Waals surface area contributed by atoms with E-state index in [0.29, 0.717) is 25.3 Å². The third-order valence-electron chi connectivity index (χ3n) is 5.29. The van der Waals surface area contributed by atoms with Crippen LogP contribution in [0.15, 0.2) is 24.3 Å². The molecule has 0 spiro atoms. The van der Waals surface area contributed by atoms with E-state index in [2.05, 4.69) is 4.90 Å². The van der Waals surface area contributed by atoms with Crippen LogP contribution in [0.5, 0.6) is 5.75 Å². The molecule has 1 saturated carbocycles. The summed E-state index contributed by atoms with van der Waals surface area (Å²) in [5, 5.41) is 29.4. The van der Waals surface area contributed by atoms with Crippen LogP contribution >= 0.6 is 0 Å². The van der Waals surface area contributed by atoms with Crippen molar-refractivity contribution in [3.63, 3.8) is 0 Å². The lowest BCUT2D eigenvalue weighted by Crippen LogP contribution is -2.56. The van der Waals surface area contributed by atoms with E-state index < -0.39 is 17.5 Å². The highest BCUT2D eigenvalue weighted by atomic mass is 16.4. The molecule has 126 valence electrons. The molecule has 0 bridgehead atoms. The second-order valence-electron chi connectivity index (χ2n) is 7.11. The first-order valence-corrected chi connectivity index (χ1v) is 8.41. The fraction of sp³-hybridized carbons (Fsp3) is 0.611. The molecule has 1 aliphatic carbocycles. The van der Waals surface area contributed by atoms with Crippen molar-refractivity contribution < 1.29 is 20.1 Å². The maximum absolute atomic E-state index is 11.9. The molecule has 3 rings (SSSR count). The minimum Gasteiger partial charge on any atom is -0.508 e. The molecule has 5 nitrogen and oxygen atoms in total. The van der Waals surface area contributed by atoms with E-state index in [-0.39, 0.29) is 5.75 Å². The van der Waals surface area contributed by atoms with E-state index in [1.54, 1.807) is 12.1 Å². The Labute approximate surface area is 136 Å². The van der Waals surface area contributed by atoms with Crippen molar-refractivity contribution in [3.8, 4) is 5.75 Å². The fourth-order valence-corrected chi connectivity index (χ4v) is 3.64. The average Bonchev–Trinajstić information content (AvgIpc) is 3.33. The number of carboxylic acid groups (broad SMARTS) is 1. The van der Waals surface area contributed by atoms with Crippen molar-refractivity contribution in [1.29, 1.82) is 0 Å². The van der Waals surface area contributed by atoms with Gasteiger partial charge in [-0.1, -0.05) is 25.0 Å². The summed E-state index contributed by atoms with van der Waals surface area (Å²) in [6, 6.07) is 7.12. The van der Waals surface area contributed by atoms with E-state index in [1.807, 2.05) is 12.1 Å². The predicted octanol–water partition coefficient (Wildman–Crippen LogP) is 1.87. The maximum atomic E-state index is 11.9. The molecule has 0 radical (unpaired) electrons. The maximum Gasteiger partial charge on any atom is 0.313 e. The first-order valence-electron chi connectivity index (χ1n) is 8.41. The van der Waals surface area contributed by atoms with Crippen molar-refractivity contribution in [2.24, 2.45) is 11.3 Å². The zero-order valence-electron chi connectivity index (χ0n) is 13.3. The molecule has 1 saturated heterocycles. The third kappa shape index (κ3) is 3.67. The first kappa shape index (κ1) is 16.3. The number of benzene rings is 1. The SMILES string of the molecule is O=C(O)[C@@]1(CC2CC2)CN(CCc2ccc(O)cc2)CC[C@@H]1O. The molecule has 5 heteroatoms. The number of phenolic OH excluding ortho intramolecular Hbond substituents is 1. The summed E-state index contributed by atoms with van der Waals surface area (Å²) >= 11 is 0. The molecule has 0 unspecified atom stereocenters. The molecule has 1 aromatic rings. The minimum absolute atomic E-state index is 0.254. The van der Waals surface area contributed by atoms with Gasteiger partial charge >= 0.3 is 5.97 Å². The molecule has 3 N–H and O–H groups in total. The second-order valence-corrected chi connectivity index (χ2v) is 7.11. The zero-order chi connectivity index (χ0) is 16.4. The largest absolute Gasteiger partial charge is 0.508 e. The number of nitrogens with zero attached hydrogens (tertiary/aromatic N) is 1. The number of piperidine rings is 1. The van der Waals surface area contributed by atoms with Gasteiger partial charge in [0.15, 0.2) is 0 Å². The van der Waals surface area contributed by atoms with E-state index in [9.17, 15) is 20.1 Å². The minimum atomic E-state index is -1.01. The van der Waals surface area contributed by atoms with Gasteiger partial charge in [-0.05, 0) is 42.9 Å². The molecular formula is C18H25NO4. The summed E-state index contributed by atoms with van der Waals surface area (Å²) in [4.78, 5) is 14.1. The number of aliphatic hydroxyl groups excluding tert-OH is 1. The Morgan fingerprint density at radius 2 is 1.91 bits per heavy atom. The van der Waals surface area contributed by atoms with Crippen LogP contribution in [0.3, 0.4) is 0 Å². The average molecular weight is 319 g/mol. The Morgan fingerprint density at radius 1 is 1.22 bits per heavy atom. The highest BCUT2D eigenvalue weighted by Crippen LogP contribution is 2.45. The van der Waals surface area contributed by atoms with E-state index in [0.717, 1.165) is 37.9 Å². The highest BCUT2D eigenvalue weighted by molar-refractivity contribution is 5.76. The van der Waals surface area contributed by atoms with Gasteiger partial charge in [0.1, 0.15) is 11.2 Å². The summed E-state index contributed by atoms with van der Waals surface area (Å²) in [5.41, 5.74) is 0.117. The third-order valence-corrected chi connectivity index (χ3v) is 5.29. The number of carbonyl (C=O) groups is 1. The molecular weight excluding hydrogens is 294 g/mol. The van der Waals surface area contributed by atoms with Crippen LogP contribution < -0.4 is 0 Å². The van der Waals surface area contributed by atoms with Crippen molar-refractivity contribution in [2.45, 2.75) is 38.2 Å². The summed E-state index contributed by atoms with van der Waals surface area (Å²) < 4.78 is 0. The number of carboxylic acids is 1. The Balaban J connectivity index is 1.64. The van der Waals surface area contributed by atoms with Crippen LogP contribution in [-0.2, 0) is 11.2 Å². The van der Waals surface area contributed by atoms with Crippen LogP contribution in [0.2, 0.25) is 0 Å². The van der Waals surface area contributed by atoms with Crippen LogP contribution in [0.25, 0.3) is 0 Å². The number of hydrogen-bond acceptors (Lipinski definition) is 4. The second kappa shape index (κ2) is 6.49. The van der Waals surface area contributed by atoms with Gasteiger partial charge in [-0.3, -0.25) is 4.79 Å². The van der Waals surface area contributed by atoms with Gasteiger partial charge in [0, 0.05) is 19.6 Å². The number of aromatic hydroxyl groups is 1. The monoisotopic (exact) mass is 319 g/mol. The van der Waals surface area contributed by atoms with E-state index >= 15 is 0 Å². The number of rotatable bonds is 6. The quantitative estimate of drug-likeness (QED) is 0.746. The van der Waals surface area contributed by atoms with Crippen LogP contribution in [0.1, 0.15) is 31.2 Å². The Hall–Kier alpha value is -1.59. The fourth-order valence-electron chi connectivity index (χ4n) is 3.64. The Morgan fingerprint density at radius 3 is 2.52 bits per heavy atom.